The van der Waals surface area contributed by atoms with Gasteiger partial charge in [-0.2, -0.15) is 0 Å². The van der Waals surface area contributed by atoms with Gasteiger partial charge in [-0.05, 0) is 92.7 Å². The number of aryl methyl sites for hydroxylation is 1. The highest BCUT2D eigenvalue weighted by Gasteiger charge is 2.31. The van der Waals surface area contributed by atoms with Crippen molar-refractivity contribution in [2.45, 2.75) is 70.6 Å². The minimum Gasteiger partial charge on any atom is -0.406 e. The van der Waals surface area contributed by atoms with Crippen LogP contribution >= 0.6 is 0 Å². The zero-order valence-electron chi connectivity index (χ0n) is 18.0. The van der Waals surface area contributed by atoms with Crippen molar-refractivity contribution in [2.75, 3.05) is 13.7 Å². The summed E-state index contributed by atoms with van der Waals surface area (Å²) >= 11 is 0. The molecule has 0 aromatic heterocycles. The number of hydrogen-bond acceptors (Lipinski definition) is 2. The third-order valence-corrected chi connectivity index (χ3v) is 7.04. The standard InChI is InChI=1S/C25H35F3O2/c1-29-18-2-3-19-6-12-22(13-7-19)23-14-8-20(9-15-23)4-5-21-10-16-24(17-11-21)30-25(26,27)28/h2-3,10-11,16-17,19-20,22-23H,4-9,12-15,18H2,1H3/b3-2+/t19-,20?,22-,23?. The van der Waals surface area contributed by atoms with E-state index in [1.165, 1.54) is 63.5 Å². The summed E-state index contributed by atoms with van der Waals surface area (Å²) < 4.78 is 45.8. The Balaban J connectivity index is 1.34. The van der Waals surface area contributed by atoms with Gasteiger partial charge in [0.25, 0.3) is 0 Å². The minimum absolute atomic E-state index is 0.143. The molecule has 0 amide bonds. The molecular formula is C25H35F3O2. The van der Waals surface area contributed by atoms with E-state index in [-0.39, 0.29) is 5.75 Å². The largest absolute Gasteiger partial charge is 0.573 e. The molecule has 3 rings (SSSR count). The Kier molecular flexibility index (Phi) is 8.67. The molecule has 0 aliphatic heterocycles. The van der Waals surface area contributed by atoms with Gasteiger partial charge >= 0.3 is 6.36 Å². The third kappa shape index (κ3) is 7.64. The molecule has 2 aliphatic rings. The predicted molar refractivity (Wildman–Crippen MR) is 113 cm³/mol. The molecule has 2 fully saturated rings. The number of rotatable bonds is 8. The van der Waals surface area contributed by atoms with Crippen LogP contribution in [0, 0.1) is 23.7 Å². The fourth-order valence-electron chi connectivity index (χ4n) is 5.33. The van der Waals surface area contributed by atoms with Crippen LogP contribution in [0.2, 0.25) is 0 Å². The van der Waals surface area contributed by atoms with Crippen molar-refractivity contribution in [1.29, 1.82) is 0 Å². The molecule has 2 saturated carbocycles. The first-order valence-electron chi connectivity index (χ1n) is 11.4. The molecule has 2 nitrogen and oxygen atoms in total. The molecule has 0 unspecified atom stereocenters. The van der Waals surface area contributed by atoms with E-state index in [9.17, 15) is 13.2 Å². The first kappa shape index (κ1) is 23.2. The van der Waals surface area contributed by atoms with Crippen molar-refractivity contribution in [2.24, 2.45) is 23.7 Å². The van der Waals surface area contributed by atoms with Gasteiger partial charge in [0.05, 0.1) is 6.61 Å². The average molecular weight is 425 g/mol. The van der Waals surface area contributed by atoms with E-state index in [1.807, 2.05) is 0 Å². The summed E-state index contributed by atoms with van der Waals surface area (Å²) in [6.45, 7) is 0.718. The van der Waals surface area contributed by atoms with E-state index in [0.29, 0.717) is 0 Å². The molecule has 0 spiro atoms. The first-order valence-corrected chi connectivity index (χ1v) is 11.4. The summed E-state index contributed by atoms with van der Waals surface area (Å²) in [6, 6.07) is 6.35. The minimum atomic E-state index is -4.62. The summed E-state index contributed by atoms with van der Waals surface area (Å²) in [5.74, 6) is 3.14. The average Bonchev–Trinajstić information content (AvgIpc) is 2.73. The molecule has 2 aliphatic carbocycles. The Morgan fingerprint density at radius 3 is 2.07 bits per heavy atom. The van der Waals surface area contributed by atoms with Gasteiger partial charge in [0.15, 0.2) is 0 Å². The highest BCUT2D eigenvalue weighted by atomic mass is 19.4. The number of allylic oxidation sites excluding steroid dienone is 1. The van der Waals surface area contributed by atoms with Crippen molar-refractivity contribution < 1.29 is 22.6 Å². The lowest BCUT2D eigenvalue weighted by atomic mass is 9.68. The second-order valence-corrected chi connectivity index (χ2v) is 9.07. The van der Waals surface area contributed by atoms with Crippen LogP contribution in [0.3, 0.4) is 0 Å². The second-order valence-electron chi connectivity index (χ2n) is 9.07. The Morgan fingerprint density at radius 1 is 0.900 bits per heavy atom. The number of benzene rings is 1. The van der Waals surface area contributed by atoms with Crippen molar-refractivity contribution in [3.63, 3.8) is 0 Å². The Labute approximate surface area is 178 Å². The fourth-order valence-corrected chi connectivity index (χ4v) is 5.33. The number of methoxy groups -OCH3 is 1. The van der Waals surface area contributed by atoms with Crippen LogP contribution in [-0.2, 0) is 11.2 Å². The van der Waals surface area contributed by atoms with Crippen molar-refractivity contribution >= 4 is 0 Å². The topological polar surface area (TPSA) is 18.5 Å². The summed E-state index contributed by atoms with van der Waals surface area (Å²) in [5.41, 5.74) is 1.09. The predicted octanol–water partition coefficient (Wildman–Crippen LogP) is 7.33. The van der Waals surface area contributed by atoms with Crippen LogP contribution in [0.5, 0.6) is 5.75 Å². The molecule has 0 atom stereocenters. The summed E-state index contributed by atoms with van der Waals surface area (Å²) in [6.07, 6.45) is 12.6. The molecule has 0 bridgehead atoms. The molecule has 5 heteroatoms. The molecule has 1 aromatic carbocycles. The smallest absolute Gasteiger partial charge is 0.406 e. The lowest BCUT2D eigenvalue weighted by Gasteiger charge is -2.37. The monoisotopic (exact) mass is 424 g/mol. The molecule has 0 radical (unpaired) electrons. The lowest BCUT2D eigenvalue weighted by Crippen LogP contribution is -2.25. The van der Waals surface area contributed by atoms with Crippen LogP contribution < -0.4 is 4.74 Å². The fraction of sp³-hybridized carbons (Fsp3) is 0.680. The normalized spacial score (nSPS) is 28.0. The highest BCUT2D eigenvalue weighted by Crippen LogP contribution is 2.42. The van der Waals surface area contributed by atoms with Gasteiger partial charge in [0.2, 0.25) is 0 Å². The zero-order chi connectivity index (χ0) is 21.4. The molecule has 0 N–H and O–H groups in total. The maximum Gasteiger partial charge on any atom is 0.573 e. The summed E-state index contributed by atoms with van der Waals surface area (Å²) in [7, 11) is 1.74. The number of hydrogen-bond donors (Lipinski definition) is 0. The molecular weight excluding hydrogens is 389 g/mol. The van der Waals surface area contributed by atoms with E-state index < -0.39 is 6.36 Å². The molecule has 168 valence electrons. The maximum atomic E-state index is 12.3. The van der Waals surface area contributed by atoms with E-state index in [2.05, 4.69) is 16.9 Å². The van der Waals surface area contributed by atoms with Crippen LogP contribution in [0.25, 0.3) is 0 Å². The van der Waals surface area contributed by atoms with Crippen LogP contribution in [0.1, 0.15) is 63.4 Å². The molecule has 30 heavy (non-hydrogen) atoms. The SMILES string of the molecule is COC/C=C/[C@H]1CC[C@H](C2CCC(CCc3ccc(OC(F)(F)F)cc3)CC2)CC1. The van der Waals surface area contributed by atoms with Gasteiger partial charge in [-0.1, -0.05) is 37.1 Å². The van der Waals surface area contributed by atoms with E-state index >= 15 is 0 Å². The van der Waals surface area contributed by atoms with Crippen molar-refractivity contribution in [3.8, 4) is 5.75 Å². The van der Waals surface area contributed by atoms with Gasteiger partial charge in [-0.15, -0.1) is 13.2 Å². The second kappa shape index (κ2) is 11.2. The third-order valence-electron chi connectivity index (χ3n) is 7.04. The zero-order valence-corrected chi connectivity index (χ0v) is 18.0. The number of halogens is 3. The van der Waals surface area contributed by atoms with Gasteiger partial charge < -0.3 is 9.47 Å². The first-order chi connectivity index (χ1) is 14.4. The number of ether oxygens (including phenoxy) is 2. The highest BCUT2D eigenvalue weighted by molar-refractivity contribution is 5.27. The van der Waals surface area contributed by atoms with Gasteiger partial charge in [0.1, 0.15) is 5.75 Å². The molecule has 1 aromatic rings. The van der Waals surface area contributed by atoms with E-state index in [1.54, 1.807) is 19.2 Å². The summed E-state index contributed by atoms with van der Waals surface area (Å²) in [4.78, 5) is 0. The lowest BCUT2D eigenvalue weighted by molar-refractivity contribution is -0.274. The van der Waals surface area contributed by atoms with Crippen LogP contribution in [0.15, 0.2) is 36.4 Å². The quantitative estimate of drug-likeness (QED) is 0.407. The van der Waals surface area contributed by atoms with Gasteiger partial charge in [-0.25, -0.2) is 0 Å². The molecule has 0 heterocycles. The number of alkyl halides is 3. The van der Waals surface area contributed by atoms with E-state index in [0.717, 1.165) is 48.7 Å². The maximum absolute atomic E-state index is 12.3. The Bertz CT molecular complexity index is 637. The van der Waals surface area contributed by atoms with Crippen molar-refractivity contribution in [1.82, 2.24) is 0 Å². The summed E-state index contributed by atoms with van der Waals surface area (Å²) in [5, 5.41) is 0. The van der Waals surface area contributed by atoms with Crippen molar-refractivity contribution in [3.05, 3.63) is 42.0 Å². The Hall–Kier alpha value is -1.49. The van der Waals surface area contributed by atoms with Crippen LogP contribution in [0.4, 0.5) is 13.2 Å². The van der Waals surface area contributed by atoms with E-state index in [4.69, 9.17) is 4.74 Å². The van der Waals surface area contributed by atoms with Gasteiger partial charge in [0, 0.05) is 7.11 Å². The molecule has 0 saturated heterocycles. The Morgan fingerprint density at radius 2 is 1.50 bits per heavy atom. The van der Waals surface area contributed by atoms with Gasteiger partial charge in [-0.3, -0.25) is 0 Å². The van der Waals surface area contributed by atoms with Crippen LogP contribution in [-0.4, -0.2) is 20.1 Å².